The predicted molar refractivity (Wildman–Crippen MR) is 68.2 cm³/mol. The molecule has 0 fully saturated rings. The van der Waals surface area contributed by atoms with Gasteiger partial charge in [0.05, 0.1) is 16.9 Å². The van der Waals surface area contributed by atoms with Gasteiger partial charge in [0.1, 0.15) is 0 Å². The molecular formula is C12H14ClN3O. The number of carbonyl (C=O) groups excluding carboxylic acids is 1. The van der Waals surface area contributed by atoms with Crippen molar-refractivity contribution in [2.24, 2.45) is 0 Å². The first-order valence-electron chi connectivity index (χ1n) is 5.59. The number of halogens is 1. The zero-order valence-corrected chi connectivity index (χ0v) is 10.1. The summed E-state index contributed by atoms with van der Waals surface area (Å²) in [6.45, 7) is 0. The topological polar surface area (TPSA) is 54.0 Å². The Kier molecular flexibility index (Phi) is 3.98. The van der Waals surface area contributed by atoms with E-state index in [-0.39, 0.29) is 12.1 Å². The van der Waals surface area contributed by atoms with E-state index in [0.29, 0.717) is 10.7 Å². The number of urea groups is 1. The number of rotatable bonds is 2. The van der Waals surface area contributed by atoms with Gasteiger partial charge in [-0.05, 0) is 25.3 Å². The van der Waals surface area contributed by atoms with Gasteiger partial charge in [-0.2, -0.15) is 0 Å². The molecule has 5 heteroatoms. The molecule has 17 heavy (non-hydrogen) atoms. The van der Waals surface area contributed by atoms with E-state index in [4.69, 9.17) is 11.6 Å². The first-order chi connectivity index (χ1) is 8.24. The van der Waals surface area contributed by atoms with Crippen LogP contribution in [0.4, 0.5) is 10.5 Å². The summed E-state index contributed by atoms with van der Waals surface area (Å²) in [7, 11) is 0. The van der Waals surface area contributed by atoms with Crippen molar-refractivity contribution in [1.82, 2.24) is 10.3 Å². The third-order valence-corrected chi connectivity index (χ3v) is 2.74. The summed E-state index contributed by atoms with van der Waals surface area (Å²) in [4.78, 5) is 15.6. The van der Waals surface area contributed by atoms with Crippen molar-refractivity contribution in [3.63, 3.8) is 0 Å². The maximum absolute atomic E-state index is 11.7. The molecule has 1 aromatic rings. The van der Waals surface area contributed by atoms with Crippen molar-refractivity contribution in [2.75, 3.05) is 5.32 Å². The Morgan fingerprint density at radius 1 is 1.47 bits per heavy atom. The van der Waals surface area contributed by atoms with Crippen molar-refractivity contribution in [3.8, 4) is 0 Å². The lowest BCUT2D eigenvalue weighted by Crippen LogP contribution is -2.37. The van der Waals surface area contributed by atoms with Gasteiger partial charge in [0.15, 0.2) is 0 Å². The van der Waals surface area contributed by atoms with Crippen LogP contribution in [0.15, 0.2) is 30.6 Å². The predicted octanol–water partition coefficient (Wildman–Crippen LogP) is 2.97. The minimum atomic E-state index is -0.231. The number of aromatic nitrogens is 1. The largest absolute Gasteiger partial charge is 0.332 e. The monoisotopic (exact) mass is 251 g/mol. The summed E-state index contributed by atoms with van der Waals surface area (Å²) in [5, 5.41) is 6.08. The van der Waals surface area contributed by atoms with Crippen LogP contribution in [0.1, 0.15) is 19.3 Å². The fourth-order valence-corrected chi connectivity index (χ4v) is 1.92. The quantitative estimate of drug-likeness (QED) is 0.794. The van der Waals surface area contributed by atoms with E-state index in [1.54, 1.807) is 12.3 Å². The second-order valence-corrected chi connectivity index (χ2v) is 4.39. The van der Waals surface area contributed by atoms with E-state index >= 15 is 0 Å². The smallest absolute Gasteiger partial charge is 0.319 e. The molecule has 0 aliphatic heterocycles. The average molecular weight is 252 g/mol. The summed E-state index contributed by atoms with van der Waals surface area (Å²) < 4.78 is 0. The van der Waals surface area contributed by atoms with Gasteiger partial charge < -0.3 is 10.6 Å². The number of anilines is 1. The fourth-order valence-electron chi connectivity index (χ4n) is 1.75. The number of hydrogen-bond acceptors (Lipinski definition) is 2. The molecule has 2 amide bonds. The Morgan fingerprint density at radius 2 is 2.35 bits per heavy atom. The summed E-state index contributed by atoms with van der Waals surface area (Å²) in [5.41, 5.74) is 0.592. The van der Waals surface area contributed by atoms with Gasteiger partial charge in [-0.3, -0.25) is 4.98 Å². The van der Waals surface area contributed by atoms with Crippen LogP contribution in [0.2, 0.25) is 5.02 Å². The molecule has 0 unspecified atom stereocenters. The van der Waals surface area contributed by atoms with Crippen LogP contribution in [0, 0.1) is 0 Å². The highest BCUT2D eigenvalue weighted by molar-refractivity contribution is 6.30. The number of nitrogens with one attached hydrogen (secondary N) is 2. The molecule has 0 saturated carbocycles. The Morgan fingerprint density at radius 3 is 3.06 bits per heavy atom. The third kappa shape index (κ3) is 3.75. The molecule has 90 valence electrons. The van der Waals surface area contributed by atoms with Gasteiger partial charge >= 0.3 is 6.03 Å². The molecule has 4 nitrogen and oxygen atoms in total. The maximum Gasteiger partial charge on any atom is 0.319 e. The molecule has 2 rings (SSSR count). The highest BCUT2D eigenvalue weighted by Gasteiger charge is 2.11. The van der Waals surface area contributed by atoms with Gasteiger partial charge in [-0.1, -0.05) is 23.8 Å². The van der Waals surface area contributed by atoms with Gasteiger partial charge in [-0.15, -0.1) is 0 Å². The third-order valence-electron chi connectivity index (χ3n) is 2.53. The van der Waals surface area contributed by atoms with Crippen LogP contribution in [-0.4, -0.2) is 17.1 Å². The Bertz CT molecular complexity index is 434. The van der Waals surface area contributed by atoms with Gasteiger partial charge in [0.2, 0.25) is 0 Å². The molecule has 0 bridgehead atoms. The number of amides is 2. The standard InChI is InChI=1S/C12H14ClN3O/c13-9-6-11(8-14-7-9)16-12(17)15-10-4-2-1-3-5-10/h2,4,6-8,10H,1,3,5H2,(H2,15,16,17)/t10-/m1/s1. The molecule has 1 atom stereocenters. The number of pyridine rings is 1. The summed E-state index contributed by atoms with van der Waals surface area (Å²) in [6.07, 6.45) is 10.4. The van der Waals surface area contributed by atoms with E-state index in [2.05, 4.69) is 21.7 Å². The molecule has 0 spiro atoms. The van der Waals surface area contributed by atoms with Crippen LogP contribution in [0.3, 0.4) is 0 Å². The number of nitrogens with zero attached hydrogens (tertiary/aromatic N) is 1. The molecule has 0 aromatic carbocycles. The molecule has 1 aliphatic carbocycles. The molecule has 0 radical (unpaired) electrons. The minimum Gasteiger partial charge on any atom is -0.332 e. The van der Waals surface area contributed by atoms with Gasteiger partial charge in [0.25, 0.3) is 0 Å². The van der Waals surface area contributed by atoms with E-state index < -0.39 is 0 Å². The number of hydrogen-bond donors (Lipinski definition) is 2. The number of carbonyl (C=O) groups is 1. The summed E-state index contributed by atoms with van der Waals surface area (Å²) in [5.74, 6) is 0. The Balaban J connectivity index is 1.88. The van der Waals surface area contributed by atoms with E-state index in [9.17, 15) is 4.79 Å². The molecule has 0 saturated heterocycles. The minimum absolute atomic E-state index is 0.121. The van der Waals surface area contributed by atoms with Crippen LogP contribution < -0.4 is 10.6 Å². The first-order valence-corrected chi connectivity index (χ1v) is 5.96. The first kappa shape index (κ1) is 11.9. The second-order valence-electron chi connectivity index (χ2n) is 3.96. The van der Waals surface area contributed by atoms with Crippen LogP contribution in [0.25, 0.3) is 0 Å². The van der Waals surface area contributed by atoms with Crippen LogP contribution >= 0.6 is 11.6 Å². The molecule has 1 aliphatic rings. The Labute approximate surface area is 105 Å². The van der Waals surface area contributed by atoms with E-state index in [1.165, 1.54) is 6.20 Å². The lowest BCUT2D eigenvalue weighted by Gasteiger charge is -2.18. The molecule has 2 N–H and O–H groups in total. The lowest BCUT2D eigenvalue weighted by molar-refractivity contribution is 0.249. The zero-order chi connectivity index (χ0) is 12.1. The van der Waals surface area contributed by atoms with Gasteiger partial charge in [-0.25, -0.2) is 4.79 Å². The highest BCUT2D eigenvalue weighted by Crippen LogP contribution is 2.13. The second kappa shape index (κ2) is 5.68. The van der Waals surface area contributed by atoms with E-state index in [0.717, 1.165) is 19.3 Å². The van der Waals surface area contributed by atoms with Crippen LogP contribution in [-0.2, 0) is 0 Å². The summed E-state index contributed by atoms with van der Waals surface area (Å²) in [6, 6.07) is 1.55. The van der Waals surface area contributed by atoms with Gasteiger partial charge in [0, 0.05) is 12.2 Å². The van der Waals surface area contributed by atoms with Crippen molar-refractivity contribution < 1.29 is 4.79 Å². The maximum atomic E-state index is 11.7. The van der Waals surface area contributed by atoms with Crippen molar-refractivity contribution in [2.45, 2.75) is 25.3 Å². The normalized spacial score (nSPS) is 18.8. The number of allylic oxidation sites excluding steroid dienone is 1. The van der Waals surface area contributed by atoms with Crippen molar-refractivity contribution in [3.05, 3.63) is 35.6 Å². The van der Waals surface area contributed by atoms with Crippen LogP contribution in [0.5, 0.6) is 0 Å². The van der Waals surface area contributed by atoms with Crippen molar-refractivity contribution >= 4 is 23.3 Å². The van der Waals surface area contributed by atoms with Crippen molar-refractivity contribution in [1.29, 1.82) is 0 Å². The molecule has 1 aromatic heterocycles. The SMILES string of the molecule is O=C(Nc1cncc(Cl)c1)N[C@@H]1C=CCCC1. The highest BCUT2D eigenvalue weighted by atomic mass is 35.5. The Hall–Kier alpha value is -1.55. The fraction of sp³-hybridized carbons (Fsp3) is 0.333. The lowest BCUT2D eigenvalue weighted by atomic mass is 10.0. The average Bonchev–Trinajstić information content (AvgIpc) is 2.30. The molecular weight excluding hydrogens is 238 g/mol. The zero-order valence-electron chi connectivity index (χ0n) is 9.32. The summed E-state index contributed by atoms with van der Waals surface area (Å²) >= 11 is 5.77. The van der Waals surface area contributed by atoms with E-state index in [1.807, 2.05) is 6.08 Å². The molecule has 1 heterocycles.